The van der Waals surface area contributed by atoms with Crippen LogP contribution in [0.4, 0.5) is 0 Å². The Morgan fingerprint density at radius 2 is 1.20 bits per heavy atom. The SMILES string of the molecule is O=C1c2cc3ccccc3cc2C(=O)N1C12CC3CC(CC(C3)C1)C2. The second-order valence-electron chi connectivity index (χ2n) is 8.83. The van der Waals surface area contributed by atoms with Gasteiger partial charge in [0.05, 0.1) is 16.7 Å². The number of amides is 2. The first kappa shape index (κ1) is 14.1. The molecule has 0 radical (unpaired) electrons. The van der Waals surface area contributed by atoms with Crippen molar-refractivity contribution in [2.24, 2.45) is 17.8 Å². The van der Waals surface area contributed by atoms with E-state index in [0.29, 0.717) is 11.1 Å². The maximum absolute atomic E-state index is 13.3. The molecule has 3 nitrogen and oxygen atoms in total. The molecule has 0 atom stereocenters. The van der Waals surface area contributed by atoms with Crippen LogP contribution in [0.1, 0.15) is 59.2 Å². The number of hydrogen-bond donors (Lipinski definition) is 0. The molecule has 4 aliphatic carbocycles. The summed E-state index contributed by atoms with van der Waals surface area (Å²) in [5.74, 6) is 2.05. The first-order valence-electron chi connectivity index (χ1n) is 9.55. The number of carbonyl (C=O) groups is 2. The molecule has 0 saturated heterocycles. The molecule has 4 saturated carbocycles. The molecule has 0 unspecified atom stereocenters. The van der Waals surface area contributed by atoms with Gasteiger partial charge in [0.1, 0.15) is 0 Å². The third kappa shape index (κ3) is 1.76. The van der Waals surface area contributed by atoms with Crippen LogP contribution in [-0.4, -0.2) is 22.3 Å². The third-order valence-corrected chi connectivity index (χ3v) is 7.23. The lowest BCUT2D eigenvalue weighted by Gasteiger charge is -2.59. The van der Waals surface area contributed by atoms with E-state index in [1.165, 1.54) is 19.3 Å². The van der Waals surface area contributed by atoms with Gasteiger partial charge in [0.15, 0.2) is 0 Å². The lowest BCUT2D eigenvalue weighted by Crippen LogP contribution is -2.61. The Hall–Kier alpha value is -2.16. The van der Waals surface area contributed by atoms with E-state index in [1.807, 2.05) is 36.4 Å². The molecule has 2 aromatic rings. The van der Waals surface area contributed by atoms with Crippen molar-refractivity contribution in [3.8, 4) is 0 Å². The second kappa shape index (κ2) is 4.51. The number of carbonyl (C=O) groups excluding carboxylic acids is 2. The molecule has 7 rings (SSSR count). The molecule has 1 aliphatic heterocycles. The average molecular weight is 331 g/mol. The van der Waals surface area contributed by atoms with Gasteiger partial charge in [0.2, 0.25) is 0 Å². The highest BCUT2D eigenvalue weighted by Gasteiger charge is 2.58. The van der Waals surface area contributed by atoms with Crippen LogP contribution in [0.2, 0.25) is 0 Å². The van der Waals surface area contributed by atoms with Crippen molar-refractivity contribution >= 4 is 22.6 Å². The molecule has 5 aliphatic rings. The van der Waals surface area contributed by atoms with Crippen LogP contribution in [0, 0.1) is 17.8 Å². The standard InChI is InChI=1S/C22H21NO2/c24-20-18-8-16-3-1-2-4-17(16)9-19(18)21(25)23(20)22-10-13-5-14(11-22)7-15(6-13)12-22/h1-4,8-9,13-15H,5-7,10-12H2. The van der Waals surface area contributed by atoms with E-state index in [-0.39, 0.29) is 17.4 Å². The summed E-state index contributed by atoms with van der Waals surface area (Å²) < 4.78 is 0. The first-order valence-corrected chi connectivity index (χ1v) is 9.55. The molecular weight excluding hydrogens is 310 g/mol. The van der Waals surface area contributed by atoms with Crippen molar-refractivity contribution in [3.05, 3.63) is 47.5 Å². The van der Waals surface area contributed by atoms with Crippen LogP contribution in [0.15, 0.2) is 36.4 Å². The van der Waals surface area contributed by atoms with Gasteiger partial charge in [0, 0.05) is 0 Å². The Balaban J connectivity index is 1.48. The fraction of sp³-hybridized carbons (Fsp3) is 0.455. The van der Waals surface area contributed by atoms with E-state index in [0.717, 1.165) is 47.8 Å². The smallest absolute Gasteiger partial charge is 0.262 e. The topological polar surface area (TPSA) is 37.4 Å². The van der Waals surface area contributed by atoms with Crippen LogP contribution >= 0.6 is 0 Å². The van der Waals surface area contributed by atoms with Crippen molar-refractivity contribution < 1.29 is 9.59 Å². The summed E-state index contributed by atoms with van der Waals surface area (Å²) in [4.78, 5) is 28.2. The van der Waals surface area contributed by atoms with Gasteiger partial charge in [-0.2, -0.15) is 0 Å². The van der Waals surface area contributed by atoms with E-state index in [9.17, 15) is 9.59 Å². The van der Waals surface area contributed by atoms with Gasteiger partial charge < -0.3 is 0 Å². The van der Waals surface area contributed by atoms with Crippen LogP contribution in [-0.2, 0) is 0 Å². The average Bonchev–Trinajstić information content (AvgIpc) is 2.83. The molecule has 4 fully saturated rings. The number of rotatable bonds is 1. The summed E-state index contributed by atoms with van der Waals surface area (Å²) >= 11 is 0. The fourth-order valence-corrected chi connectivity index (χ4v) is 6.70. The zero-order chi connectivity index (χ0) is 16.8. The van der Waals surface area contributed by atoms with Gasteiger partial charge >= 0.3 is 0 Å². The Bertz CT molecular complexity index is 854. The number of nitrogens with zero attached hydrogens (tertiary/aromatic N) is 1. The monoisotopic (exact) mass is 331 g/mol. The van der Waals surface area contributed by atoms with Crippen molar-refractivity contribution in [3.63, 3.8) is 0 Å². The maximum atomic E-state index is 13.3. The molecule has 3 heteroatoms. The summed E-state index contributed by atoms with van der Waals surface area (Å²) in [5, 5.41) is 2.07. The number of benzene rings is 2. The molecule has 0 aromatic heterocycles. The minimum Gasteiger partial charge on any atom is -0.269 e. The molecule has 25 heavy (non-hydrogen) atoms. The van der Waals surface area contributed by atoms with E-state index in [1.54, 1.807) is 4.90 Å². The van der Waals surface area contributed by atoms with Crippen LogP contribution in [0.5, 0.6) is 0 Å². The maximum Gasteiger partial charge on any atom is 0.262 e. The van der Waals surface area contributed by atoms with Crippen molar-refractivity contribution in [2.75, 3.05) is 0 Å². The highest BCUT2D eigenvalue weighted by molar-refractivity contribution is 6.23. The van der Waals surface area contributed by atoms with E-state index < -0.39 is 0 Å². The summed E-state index contributed by atoms with van der Waals surface area (Å²) in [6, 6.07) is 11.8. The fourth-order valence-electron chi connectivity index (χ4n) is 6.70. The Labute approximate surface area is 147 Å². The summed E-state index contributed by atoms with van der Waals surface area (Å²) in [7, 11) is 0. The summed E-state index contributed by atoms with van der Waals surface area (Å²) in [6.45, 7) is 0. The zero-order valence-corrected chi connectivity index (χ0v) is 14.2. The molecule has 0 spiro atoms. The molecule has 0 N–H and O–H groups in total. The predicted molar refractivity (Wildman–Crippen MR) is 95.4 cm³/mol. The lowest BCUT2D eigenvalue weighted by atomic mass is 9.52. The van der Waals surface area contributed by atoms with Crippen molar-refractivity contribution in [1.82, 2.24) is 4.90 Å². The molecular formula is C22H21NO2. The van der Waals surface area contributed by atoms with Crippen LogP contribution in [0.25, 0.3) is 10.8 Å². The Morgan fingerprint density at radius 3 is 1.64 bits per heavy atom. The van der Waals surface area contributed by atoms with Crippen molar-refractivity contribution in [1.29, 1.82) is 0 Å². The largest absolute Gasteiger partial charge is 0.269 e. The molecule has 126 valence electrons. The van der Waals surface area contributed by atoms with Crippen LogP contribution < -0.4 is 0 Å². The van der Waals surface area contributed by atoms with E-state index in [2.05, 4.69) is 0 Å². The Morgan fingerprint density at radius 1 is 0.760 bits per heavy atom. The number of imide groups is 1. The summed E-state index contributed by atoms with van der Waals surface area (Å²) in [6.07, 6.45) is 7.03. The zero-order valence-electron chi connectivity index (χ0n) is 14.2. The van der Waals surface area contributed by atoms with Gasteiger partial charge in [-0.25, -0.2) is 0 Å². The van der Waals surface area contributed by atoms with Gasteiger partial charge in [-0.3, -0.25) is 14.5 Å². The molecule has 2 aromatic carbocycles. The minimum atomic E-state index is -0.200. The number of hydrogen-bond acceptors (Lipinski definition) is 2. The number of fused-ring (bicyclic) bond motifs is 2. The lowest BCUT2D eigenvalue weighted by molar-refractivity contribution is -0.0620. The minimum absolute atomic E-state index is 0.0484. The first-order chi connectivity index (χ1) is 12.1. The van der Waals surface area contributed by atoms with Gasteiger partial charge in [-0.15, -0.1) is 0 Å². The van der Waals surface area contributed by atoms with Gasteiger partial charge in [-0.05, 0) is 79.2 Å². The predicted octanol–water partition coefficient (Wildman–Crippen LogP) is 4.40. The van der Waals surface area contributed by atoms with Crippen molar-refractivity contribution in [2.45, 2.75) is 44.1 Å². The quantitative estimate of drug-likeness (QED) is 0.726. The molecule has 1 heterocycles. The van der Waals surface area contributed by atoms with E-state index in [4.69, 9.17) is 0 Å². The second-order valence-corrected chi connectivity index (χ2v) is 8.83. The highest BCUT2D eigenvalue weighted by Crippen LogP contribution is 2.58. The van der Waals surface area contributed by atoms with Gasteiger partial charge in [-0.1, -0.05) is 24.3 Å². The normalized spacial score (nSPS) is 35.7. The third-order valence-electron chi connectivity index (χ3n) is 7.23. The highest BCUT2D eigenvalue weighted by atomic mass is 16.2. The Kier molecular flexibility index (Phi) is 2.54. The van der Waals surface area contributed by atoms with E-state index >= 15 is 0 Å². The summed E-state index contributed by atoms with van der Waals surface area (Å²) in [5.41, 5.74) is 1.02. The molecule has 4 bridgehead atoms. The van der Waals surface area contributed by atoms with Crippen LogP contribution in [0.3, 0.4) is 0 Å². The molecule has 2 amide bonds. The van der Waals surface area contributed by atoms with Gasteiger partial charge in [0.25, 0.3) is 11.8 Å².